The highest BCUT2D eigenvalue weighted by atomic mass is 32.2. The van der Waals surface area contributed by atoms with Crippen molar-refractivity contribution >= 4 is 28.3 Å². The molecule has 0 saturated heterocycles. The molecular weight excluding hydrogens is 531 g/mol. The summed E-state index contributed by atoms with van der Waals surface area (Å²) >= 11 is 0. The van der Waals surface area contributed by atoms with Crippen LogP contribution in [-0.4, -0.2) is 29.2 Å². The van der Waals surface area contributed by atoms with E-state index in [0.717, 1.165) is 5.56 Å². The van der Waals surface area contributed by atoms with Gasteiger partial charge in [-0.3, -0.25) is 9.59 Å². The zero-order valence-corrected chi connectivity index (χ0v) is 22.4. The van der Waals surface area contributed by atoms with Crippen LogP contribution in [0.15, 0.2) is 94.7 Å². The summed E-state index contributed by atoms with van der Waals surface area (Å²) in [5, 5.41) is 2.98. The number of amides is 2. The molecule has 2 amide bonds. The number of nitrogens with one attached hydrogen (secondary N) is 1. The average Bonchev–Trinajstić information content (AvgIpc) is 3.07. The van der Waals surface area contributed by atoms with Crippen LogP contribution in [0.3, 0.4) is 0 Å². The number of benzene rings is 4. The Balaban J connectivity index is 1.35. The fraction of sp³-hybridized carbons (Fsp3) is 0.161. The maximum Gasteiger partial charge on any atom is 0.259 e. The maximum atomic E-state index is 14.7. The predicted octanol–water partition coefficient (Wildman–Crippen LogP) is 5.42. The van der Waals surface area contributed by atoms with E-state index in [1.54, 1.807) is 60.7 Å². The Morgan fingerprint density at radius 1 is 0.950 bits per heavy atom. The summed E-state index contributed by atoms with van der Waals surface area (Å²) < 4.78 is 39.5. The van der Waals surface area contributed by atoms with Crippen LogP contribution in [0.2, 0.25) is 0 Å². The molecule has 0 spiro atoms. The average molecular weight is 557 g/mol. The fourth-order valence-corrected chi connectivity index (χ4v) is 6.20. The molecule has 0 bridgehead atoms. The second kappa shape index (κ2) is 10.6. The lowest BCUT2D eigenvalue weighted by atomic mass is 10.1. The number of carbonyl (C=O) groups is 2. The minimum Gasteiger partial charge on any atom is -0.486 e. The van der Waals surface area contributed by atoms with Gasteiger partial charge in [0.15, 0.2) is 11.5 Å². The first-order chi connectivity index (χ1) is 19.4. The van der Waals surface area contributed by atoms with Crippen molar-refractivity contribution in [1.29, 1.82) is 0 Å². The molecule has 40 heavy (non-hydrogen) atoms. The molecule has 4 aromatic carbocycles. The van der Waals surface area contributed by atoms with Crippen molar-refractivity contribution in [2.24, 2.45) is 0 Å². The number of rotatable bonds is 5. The number of nitrogens with zero attached hydrogens (tertiary/aromatic N) is 1. The van der Waals surface area contributed by atoms with Crippen molar-refractivity contribution in [2.75, 3.05) is 18.1 Å². The van der Waals surface area contributed by atoms with Gasteiger partial charge in [-0.05, 0) is 61.0 Å². The van der Waals surface area contributed by atoms with Gasteiger partial charge in [0.2, 0.25) is 0 Å². The molecule has 9 heteroatoms. The smallest absolute Gasteiger partial charge is 0.259 e. The van der Waals surface area contributed by atoms with Crippen LogP contribution in [0.4, 0.5) is 10.1 Å². The lowest BCUT2D eigenvalue weighted by Gasteiger charge is -2.24. The van der Waals surface area contributed by atoms with Crippen LogP contribution in [0, 0.1) is 5.82 Å². The Morgan fingerprint density at radius 2 is 1.70 bits per heavy atom. The van der Waals surface area contributed by atoms with E-state index in [0.29, 0.717) is 45.8 Å². The lowest BCUT2D eigenvalue weighted by Crippen LogP contribution is -2.31. The minimum atomic E-state index is -1.69. The summed E-state index contributed by atoms with van der Waals surface area (Å²) in [7, 11) is -1.69. The second-order valence-corrected chi connectivity index (χ2v) is 10.9. The van der Waals surface area contributed by atoms with Crippen LogP contribution in [0.1, 0.15) is 44.8 Å². The topological polar surface area (TPSA) is 84.9 Å². The molecule has 0 radical (unpaired) electrons. The highest BCUT2D eigenvalue weighted by Gasteiger charge is 2.32. The highest BCUT2D eigenvalue weighted by Crippen LogP contribution is 2.37. The van der Waals surface area contributed by atoms with Crippen molar-refractivity contribution in [3.63, 3.8) is 0 Å². The molecular formula is C31H25FN2O5S. The molecule has 0 fully saturated rings. The van der Waals surface area contributed by atoms with Gasteiger partial charge in [-0.25, -0.2) is 8.60 Å². The molecule has 0 aliphatic carbocycles. The van der Waals surface area contributed by atoms with Gasteiger partial charge in [-0.1, -0.05) is 36.4 Å². The van der Waals surface area contributed by atoms with Crippen LogP contribution in [-0.2, 0) is 17.3 Å². The molecule has 7 nitrogen and oxygen atoms in total. The summed E-state index contributed by atoms with van der Waals surface area (Å²) in [6, 6.07) is 22.7. The molecule has 202 valence electrons. The molecule has 1 N–H and O–H groups in total. The van der Waals surface area contributed by atoms with Crippen LogP contribution in [0.25, 0.3) is 0 Å². The third-order valence-electron chi connectivity index (χ3n) is 6.97. The largest absolute Gasteiger partial charge is 0.486 e. The van der Waals surface area contributed by atoms with Gasteiger partial charge in [-0.2, -0.15) is 0 Å². The van der Waals surface area contributed by atoms with E-state index in [-0.39, 0.29) is 29.6 Å². The van der Waals surface area contributed by atoms with Crippen LogP contribution in [0.5, 0.6) is 11.5 Å². The second-order valence-electron chi connectivity index (χ2n) is 9.53. The molecule has 4 aromatic rings. The van der Waals surface area contributed by atoms with Crippen molar-refractivity contribution in [2.45, 2.75) is 29.3 Å². The third kappa shape index (κ3) is 4.73. The van der Waals surface area contributed by atoms with Crippen molar-refractivity contribution in [3.8, 4) is 11.5 Å². The third-order valence-corrected chi connectivity index (χ3v) is 8.47. The standard InChI is InChI=1S/C31H25FN2O5S/c1-19(20-10-12-26-27(17-20)39-15-14-38-26)33-30(35)21-11-13-29-25(16-21)34(18-22-6-2-4-8-24(22)32)31(36)23-7-3-5-9-28(23)40(29)37/h2-13,16-17,19H,14-15,18H2,1H3,(H,33,35)/t19-,40+/m0/s1. The van der Waals surface area contributed by atoms with E-state index in [1.165, 1.54) is 11.0 Å². The zero-order valence-electron chi connectivity index (χ0n) is 21.6. The highest BCUT2D eigenvalue weighted by molar-refractivity contribution is 7.85. The summed E-state index contributed by atoms with van der Waals surface area (Å²) in [6.07, 6.45) is 0. The summed E-state index contributed by atoms with van der Waals surface area (Å²) in [5.41, 5.74) is 1.97. The number of ether oxygens (including phenoxy) is 2. The number of anilines is 1. The van der Waals surface area contributed by atoms with Crippen molar-refractivity contribution < 1.29 is 27.7 Å². The summed E-state index contributed by atoms with van der Waals surface area (Å²) in [6.45, 7) is 2.71. The normalized spacial score (nSPS) is 16.4. The monoisotopic (exact) mass is 556 g/mol. The van der Waals surface area contributed by atoms with Crippen LogP contribution < -0.4 is 19.7 Å². The first-order valence-corrected chi connectivity index (χ1v) is 14.0. The number of hydrogen-bond acceptors (Lipinski definition) is 5. The van der Waals surface area contributed by atoms with E-state index in [2.05, 4.69) is 5.32 Å². The van der Waals surface area contributed by atoms with E-state index in [4.69, 9.17) is 9.47 Å². The maximum absolute atomic E-state index is 14.7. The van der Waals surface area contributed by atoms with E-state index < -0.39 is 22.5 Å². The Hall–Kier alpha value is -4.50. The summed E-state index contributed by atoms with van der Waals surface area (Å²) in [5.74, 6) is 0.0222. The number of hydrogen-bond donors (Lipinski definition) is 1. The van der Waals surface area contributed by atoms with Gasteiger partial charge in [-0.15, -0.1) is 0 Å². The van der Waals surface area contributed by atoms with Gasteiger partial charge in [0.25, 0.3) is 11.8 Å². The van der Waals surface area contributed by atoms with Crippen LogP contribution >= 0.6 is 0 Å². The molecule has 2 heterocycles. The Morgan fingerprint density at radius 3 is 2.52 bits per heavy atom. The predicted molar refractivity (Wildman–Crippen MR) is 148 cm³/mol. The molecule has 2 aliphatic rings. The molecule has 0 saturated carbocycles. The number of carbonyl (C=O) groups excluding carboxylic acids is 2. The summed E-state index contributed by atoms with van der Waals surface area (Å²) in [4.78, 5) is 29.3. The number of fused-ring (bicyclic) bond motifs is 3. The van der Waals surface area contributed by atoms with E-state index in [9.17, 15) is 18.2 Å². The first-order valence-electron chi connectivity index (χ1n) is 12.8. The SMILES string of the molecule is C[C@H](NC(=O)c1ccc2c(c1)N(Cc1ccccc1F)C(=O)c1ccccc1[S@]2=O)c1ccc2c(c1)OCCO2. The molecule has 0 aromatic heterocycles. The first kappa shape index (κ1) is 25.8. The minimum absolute atomic E-state index is 0.0945. The fourth-order valence-electron chi connectivity index (χ4n) is 4.85. The van der Waals surface area contributed by atoms with E-state index >= 15 is 0 Å². The molecule has 0 unspecified atom stereocenters. The van der Waals surface area contributed by atoms with Gasteiger partial charge < -0.3 is 19.7 Å². The Bertz CT molecular complexity index is 1670. The van der Waals surface area contributed by atoms with Gasteiger partial charge in [0, 0.05) is 11.1 Å². The molecule has 2 atom stereocenters. The zero-order chi connectivity index (χ0) is 27.8. The van der Waals surface area contributed by atoms with E-state index in [1.807, 2.05) is 25.1 Å². The van der Waals surface area contributed by atoms with Gasteiger partial charge in [0.1, 0.15) is 19.0 Å². The Kier molecular flexibility index (Phi) is 6.81. The quantitative estimate of drug-likeness (QED) is 0.355. The van der Waals surface area contributed by atoms with Crippen molar-refractivity contribution in [3.05, 3.63) is 113 Å². The lowest BCUT2D eigenvalue weighted by molar-refractivity contribution is 0.0937. The Labute approximate surface area is 233 Å². The molecule has 6 rings (SSSR count). The number of halogens is 1. The molecule has 2 aliphatic heterocycles. The van der Waals surface area contributed by atoms with Crippen molar-refractivity contribution in [1.82, 2.24) is 5.32 Å². The van der Waals surface area contributed by atoms with Gasteiger partial charge in [0.05, 0.1) is 44.4 Å². The van der Waals surface area contributed by atoms with Gasteiger partial charge >= 0.3 is 0 Å².